The Bertz CT molecular complexity index is 260. The van der Waals surface area contributed by atoms with Gasteiger partial charge in [0, 0.05) is 0 Å². The zero-order valence-corrected chi connectivity index (χ0v) is 16.4. The second-order valence-corrected chi connectivity index (χ2v) is 7.38. The maximum atomic E-state index is 3.80. The average Bonchev–Trinajstić information content (AvgIpc) is 2.25. The number of rotatable bonds is 6. The Morgan fingerprint density at radius 1 is 0.783 bits per heavy atom. The summed E-state index contributed by atoms with van der Waals surface area (Å²) in [6, 6.07) is 0. The lowest BCUT2D eigenvalue weighted by Gasteiger charge is -1.99. The van der Waals surface area contributed by atoms with E-state index in [4.69, 9.17) is 0 Å². The fourth-order valence-corrected chi connectivity index (χ4v) is 1.50. The molecule has 0 heterocycles. The van der Waals surface area contributed by atoms with Gasteiger partial charge in [0.25, 0.3) is 0 Å². The molecule has 0 saturated carbocycles. The minimum absolute atomic E-state index is 0. The summed E-state index contributed by atoms with van der Waals surface area (Å²) in [5.74, 6) is 2.37. The molecule has 142 valence electrons. The van der Waals surface area contributed by atoms with Gasteiger partial charge in [0.1, 0.15) is 0 Å². The maximum Gasteiger partial charge on any atom is -0.0303 e. The standard InChI is InChI=1S/C8H16.C7H14.C6H12.2CH4/c1-7(2)5-6-8(3)4;1-6(2)5-7(3)4;1-4-5-6(2)3;;/h5,8H,6H2,1-4H3;7H,1,5H2,2-4H3;4,6H,1,5H2,2-3H3;2*1H4. The molecule has 0 spiro atoms. The molecule has 0 aromatic rings. The van der Waals surface area contributed by atoms with Gasteiger partial charge in [0.15, 0.2) is 0 Å². The molecule has 0 heteroatoms. The predicted octanol–water partition coefficient (Wildman–Crippen LogP) is 9.10. The van der Waals surface area contributed by atoms with E-state index in [0.29, 0.717) is 0 Å². The predicted molar refractivity (Wildman–Crippen MR) is 116 cm³/mol. The highest BCUT2D eigenvalue weighted by Crippen LogP contribution is 2.05. The van der Waals surface area contributed by atoms with E-state index in [1.54, 1.807) is 0 Å². The molecular formula is C23H50. The van der Waals surface area contributed by atoms with Crippen LogP contribution < -0.4 is 0 Å². The zero-order valence-electron chi connectivity index (χ0n) is 16.4. The summed E-state index contributed by atoms with van der Waals surface area (Å²) in [7, 11) is 0. The fraction of sp³-hybridized carbons (Fsp3) is 0.739. The Labute approximate surface area is 151 Å². The second-order valence-electron chi connectivity index (χ2n) is 7.38. The third-order valence-corrected chi connectivity index (χ3v) is 2.39. The van der Waals surface area contributed by atoms with Crippen molar-refractivity contribution in [3.8, 4) is 0 Å². The van der Waals surface area contributed by atoms with Gasteiger partial charge in [-0.25, -0.2) is 0 Å². The molecule has 0 saturated heterocycles. The van der Waals surface area contributed by atoms with Gasteiger partial charge >= 0.3 is 0 Å². The first kappa shape index (κ1) is 33.7. The lowest BCUT2D eigenvalue weighted by Crippen LogP contribution is -1.84. The minimum atomic E-state index is 0. The first-order valence-electron chi connectivity index (χ1n) is 8.41. The molecule has 0 amide bonds. The molecule has 0 N–H and O–H groups in total. The van der Waals surface area contributed by atoms with Crippen LogP contribution in [-0.4, -0.2) is 0 Å². The molecule has 0 rings (SSSR count). The van der Waals surface area contributed by atoms with E-state index in [0.717, 1.165) is 24.2 Å². The van der Waals surface area contributed by atoms with Gasteiger partial charge in [0.2, 0.25) is 0 Å². The molecule has 0 unspecified atom stereocenters. The van der Waals surface area contributed by atoms with Crippen LogP contribution in [0.2, 0.25) is 0 Å². The highest BCUT2D eigenvalue weighted by molar-refractivity contribution is 4.93. The molecule has 0 bridgehead atoms. The lowest BCUT2D eigenvalue weighted by atomic mass is 10.1. The summed E-state index contributed by atoms with van der Waals surface area (Å²) in [5.41, 5.74) is 2.72. The van der Waals surface area contributed by atoms with Crippen molar-refractivity contribution in [2.24, 2.45) is 17.8 Å². The summed E-state index contributed by atoms with van der Waals surface area (Å²) in [5, 5.41) is 0. The van der Waals surface area contributed by atoms with E-state index in [1.165, 1.54) is 24.0 Å². The third kappa shape index (κ3) is 62.3. The van der Waals surface area contributed by atoms with Crippen LogP contribution in [0.15, 0.2) is 36.5 Å². The van der Waals surface area contributed by atoms with Crippen molar-refractivity contribution >= 4 is 0 Å². The normalized spacial score (nSPS) is 8.70. The quantitative estimate of drug-likeness (QED) is 0.427. The zero-order chi connectivity index (χ0) is 17.4. The van der Waals surface area contributed by atoms with Crippen LogP contribution in [0.1, 0.15) is 96.4 Å². The van der Waals surface area contributed by atoms with Gasteiger partial charge in [-0.3, -0.25) is 0 Å². The van der Waals surface area contributed by atoms with Crippen LogP contribution in [0.4, 0.5) is 0 Å². The maximum absolute atomic E-state index is 3.80. The topological polar surface area (TPSA) is 0 Å². The summed E-state index contributed by atoms with van der Waals surface area (Å²) < 4.78 is 0. The van der Waals surface area contributed by atoms with Crippen LogP contribution in [-0.2, 0) is 0 Å². The highest BCUT2D eigenvalue weighted by Gasteiger charge is 1.90. The van der Waals surface area contributed by atoms with Crippen molar-refractivity contribution in [1.82, 2.24) is 0 Å². The van der Waals surface area contributed by atoms with Crippen LogP contribution in [0.3, 0.4) is 0 Å². The first-order valence-corrected chi connectivity index (χ1v) is 8.41. The van der Waals surface area contributed by atoms with E-state index < -0.39 is 0 Å². The van der Waals surface area contributed by atoms with Gasteiger partial charge in [0.05, 0.1) is 0 Å². The van der Waals surface area contributed by atoms with Crippen LogP contribution in [0, 0.1) is 17.8 Å². The van der Waals surface area contributed by atoms with Crippen LogP contribution >= 0.6 is 0 Å². The van der Waals surface area contributed by atoms with Crippen molar-refractivity contribution in [3.63, 3.8) is 0 Å². The fourth-order valence-electron chi connectivity index (χ4n) is 1.50. The summed E-state index contributed by atoms with van der Waals surface area (Å²) >= 11 is 0. The van der Waals surface area contributed by atoms with E-state index in [1.807, 2.05) is 6.08 Å². The smallest absolute Gasteiger partial charge is 0.0303 e. The Kier molecular flexibility index (Phi) is 34.5. The van der Waals surface area contributed by atoms with E-state index in [9.17, 15) is 0 Å². The lowest BCUT2D eigenvalue weighted by molar-refractivity contribution is 0.644. The van der Waals surface area contributed by atoms with Crippen molar-refractivity contribution < 1.29 is 0 Å². The Morgan fingerprint density at radius 3 is 1.22 bits per heavy atom. The van der Waals surface area contributed by atoms with E-state index in [2.05, 4.69) is 81.5 Å². The van der Waals surface area contributed by atoms with Crippen LogP contribution in [0.5, 0.6) is 0 Å². The Hall–Kier alpha value is -0.780. The molecule has 0 nitrogen and oxygen atoms in total. The monoisotopic (exact) mass is 326 g/mol. The Morgan fingerprint density at radius 2 is 1.17 bits per heavy atom. The molecule has 0 aliphatic carbocycles. The summed E-state index contributed by atoms with van der Waals surface area (Å²) in [6.07, 6.45) is 7.76. The van der Waals surface area contributed by atoms with Crippen molar-refractivity contribution in [1.29, 1.82) is 0 Å². The molecule has 0 atom stereocenters. The minimum Gasteiger partial charge on any atom is -0.103 e. The van der Waals surface area contributed by atoms with Gasteiger partial charge in [-0.15, -0.1) is 13.2 Å². The molecule has 0 aliphatic heterocycles. The number of allylic oxidation sites excluding steroid dienone is 4. The average molecular weight is 327 g/mol. The van der Waals surface area contributed by atoms with Gasteiger partial charge in [-0.1, -0.05) is 79.7 Å². The molecule has 0 aliphatic rings. The third-order valence-electron chi connectivity index (χ3n) is 2.39. The molecule has 0 aromatic carbocycles. The largest absolute Gasteiger partial charge is 0.103 e. The number of hydrogen-bond donors (Lipinski definition) is 0. The molecular weight excluding hydrogens is 276 g/mol. The van der Waals surface area contributed by atoms with E-state index >= 15 is 0 Å². The van der Waals surface area contributed by atoms with E-state index in [-0.39, 0.29) is 14.9 Å². The van der Waals surface area contributed by atoms with Gasteiger partial charge < -0.3 is 0 Å². The van der Waals surface area contributed by atoms with Gasteiger partial charge in [-0.05, 0) is 57.8 Å². The highest BCUT2D eigenvalue weighted by atomic mass is 14.0. The van der Waals surface area contributed by atoms with Crippen molar-refractivity contribution in [3.05, 3.63) is 36.5 Å². The molecule has 0 aromatic heterocycles. The van der Waals surface area contributed by atoms with Gasteiger partial charge in [-0.2, -0.15) is 0 Å². The molecule has 0 radical (unpaired) electrons. The molecule has 23 heavy (non-hydrogen) atoms. The van der Waals surface area contributed by atoms with Crippen LogP contribution in [0.25, 0.3) is 0 Å². The first-order chi connectivity index (χ1) is 9.52. The summed E-state index contributed by atoms with van der Waals surface area (Å²) in [4.78, 5) is 0. The van der Waals surface area contributed by atoms with Crippen molar-refractivity contribution in [2.45, 2.75) is 96.4 Å². The Balaban J connectivity index is -0.0000000681. The molecule has 0 fully saturated rings. The summed E-state index contributed by atoms with van der Waals surface area (Å²) in [6.45, 7) is 27.0. The number of hydrogen-bond acceptors (Lipinski definition) is 0. The second kappa shape index (κ2) is 23.5. The SMILES string of the molecule is C.C.C=C(C)CC(C)C.C=CCC(C)C.CC(C)=CCC(C)C. The van der Waals surface area contributed by atoms with Crippen molar-refractivity contribution in [2.75, 3.05) is 0 Å².